The van der Waals surface area contributed by atoms with Crippen molar-refractivity contribution in [3.05, 3.63) is 30.1 Å². The van der Waals surface area contributed by atoms with E-state index in [9.17, 15) is 26.4 Å². The quantitative estimate of drug-likeness (QED) is 0.878. The van der Waals surface area contributed by atoms with Crippen LogP contribution in [0.1, 0.15) is 12.8 Å². The number of carbonyl (C=O) groups excluding carboxylic acids is 1. The van der Waals surface area contributed by atoms with Crippen molar-refractivity contribution >= 4 is 15.9 Å². The van der Waals surface area contributed by atoms with Crippen molar-refractivity contribution < 1.29 is 26.4 Å². The van der Waals surface area contributed by atoms with Gasteiger partial charge in [0.15, 0.2) is 0 Å². The summed E-state index contributed by atoms with van der Waals surface area (Å²) in [7, 11) is -4.45. The fourth-order valence-electron chi connectivity index (χ4n) is 3.26. The summed E-state index contributed by atoms with van der Waals surface area (Å²) in [4.78, 5) is 11.3. The molecule has 1 N–H and O–H groups in total. The third-order valence-electron chi connectivity index (χ3n) is 4.31. The molecule has 5 nitrogen and oxygen atoms in total. The monoisotopic (exact) mass is 348 g/mol. The van der Waals surface area contributed by atoms with Crippen LogP contribution >= 0.6 is 0 Å². The van der Waals surface area contributed by atoms with Crippen LogP contribution in [0, 0.1) is 11.2 Å². The van der Waals surface area contributed by atoms with Crippen LogP contribution in [0.4, 0.5) is 13.2 Å². The minimum atomic E-state index is -4.45. The highest BCUT2D eigenvalue weighted by atomic mass is 32.2. The molecule has 0 bridgehead atoms. The van der Waals surface area contributed by atoms with Gasteiger partial charge in [0, 0.05) is 19.5 Å². The predicted molar refractivity (Wildman–Crippen MR) is 74.8 cm³/mol. The second kappa shape index (κ2) is 5.20. The zero-order valence-corrected chi connectivity index (χ0v) is 12.9. The highest BCUT2D eigenvalue weighted by Crippen LogP contribution is 2.44. The van der Waals surface area contributed by atoms with Crippen LogP contribution in [-0.2, 0) is 14.8 Å². The largest absolute Gasteiger partial charge is 0.356 e. The molecular weight excluding hydrogens is 333 g/mol. The molecular formula is C14H15F3N2O3S. The van der Waals surface area contributed by atoms with Gasteiger partial charge in [0.1, 0.15) is 10.7 Å². The molecule has 9 heteroatoms. The first-order chi connectivity index (χ1) is 10.7. The van der Waals surface area contributed by atoms with Crippen LogP contribution in [0.25, 0.3) is 0 Å². The van der Waals surface area contributed by atoms with Gasteiger partial charge in [0.05, 0.1) is 12.0 Å². The van der Waals surface area contributed by atoms with Gasteiger partial charge in [-0.2, -0.15) is 4.31 Å². The molecule has 1 spiro atoms. The van der Waals surface area contributed by atoms with Crippen molar-refractivity contribution in [3.63, 3.8) is 0 Å². The Bertz CT molecular complexity index is 753. The molecule has 1 amide bonds. The van der Waals surface area contributed by atoms with Crippen molar-refractivity contribution in [1.29, 1.82) is 0 Å². The number of rotatable bonds is 2. The number of nitrogens with one attached hydrogen (secondary N) is 1. The Morgan fingerprint density at radius 1 is 1.17 bits per heavy atom. The highest BCUT2D eigenvalue weighted by molar-refractivity contribution is 7.89. The standard InChI is InChI=1S/C14H15F3N2O3S/c15-10-3-1-2-4-11(10)23(21,22)19-8-13(5-6-18-12(13)20)7-14(16,17)9-19/h1-4H,5-9H2,(H,18,20)/t13-/m0/s1. The van der Waals surface area contributed by atoms with Crippen LogP contribution in [0.15, 0.2) is 29.2 Å². The Morgan fingerprint density at radius 3 is 2.48 bits per heavy atom. The lowest BCUT2D eigenvalue weighted by Crippen LogP contribution is -2.56. The first-order valence-corrected chi connectivity index (χ1v) is 8.51. The van der Waals surface area contributed by atoms with Crippen LogP contribution in [-0.4, -0.2) is 44.2 Å². The highest BCUT2D eigenvalue weighted by Gasteiger charge is 2.57. The van der Waals surface area contributed by atoms with Crippen LogP contribution in [0.3, 0.4) is 0 Å². The molecule has 126 valence electrons. The van der Waals surface area contributed by atoms with Crippen molar-refractivity contribution in [1.82, 2.24) is 9.62 Å². The van der Waals surface area contributed by atoms with Crippen molar-refractivity contribution in [2.24, 2.45) is 5.41 Å². The first-order valence-electron chi connectivity index (χ1n) is 7.07. The summed E-state index contributed by atoms with van der Waals surface area (Å²) in [5, 5.41) is 2.47. The molecule has 3 rings (SSSR count). The summed E-state index contributed by atoms with van der Waals surface area (Å²) < 4.78 is 67.6. The number of nitrogens with zero attached hydrogens (tertiary/aromatic N) is 1. The zero-order chi connectivity index (χ0) is 16.9. The van der Waals surface area contributed by atoms with Crippen molar-refractivity contribution in [2.75, 3.05) is 19.6 Å². The predicted octanol–water partition coefficient (Wildman–Crippen LogP) is 1.36. The van der Waals surface area contributed by atoms with Crippen molar-refractivity contribution in [2.45, 2.75) is 23.7 Å². The Kier molecular flexibility index (Phi) is 3.68. The van der Waals surface area contributed by atoms with E-state index in [0.717, 1.165) is 12.1 Å². The van der Waals surface area contributed by atoms with E-state index >= 15 is 0 Å². The van der Waals surface area contributed by atoms with E-state index in [-0.39, 0.29) is 19.5 Å². The maximum atomic E-state index is 14.1. The zero-order valence-electron chi connectivity index (χ0n) is 12.1. The number of amides is 1. The van der Waals surface area contributed by atoms with E-state index in [4.69, 9.17) is 0 Å². The van der Waals surface area contributed by atoms with Gasteiger partial charge in [-0.3, -0.25) is 4.79 Å². The van der Waals surface area contributed by atoms with Gasteiger partial charge < -0.3 is 5.32 Å². The molecule has 2 aliphatic rings. The summed E-state index contributed by atoms with van der Waals surface area (Å²) in [5.41, 5.74) is -1.46. The molecule has 1 aromatic carbocycles. The molecule has 1 atom stereocenters. The Hall–Kier alpha value is -1.61. The van der Waals surface area contributed by atoms with E-state index in [1.54, 1.807) is 0 Å². The van der Waals surface area contributed by atoms with Gasteiger partial charge in [-0.25, -0.2) is 21.6 Å². The molecule has 23 heavy (non-hydrogen) atoms. The lowest BCUT2D eigenvalue weighted by Gasteiger charge is -2.41. The number of halogens is 3. The molecule has 0 radical (unpaired) electrons. The van der Waals surface area contributed by atoms with E-state index in [0.29, 0.717) is 4.31 Å². The lowest BCUT2D eigenvalue weighted by molar-refractivity contribution is -0.142. The maximum Gasteiger partial charge on any atom is 0.262 e. The second-order valence-electron chi connectivity index (χ2n) is 6.02. The minimum absolute atomic E-state index is 0.130. The summed E-state index contributed by atoms with van der Waals surface area (Å²) in [5.74, 6) is -4.94. The van der Waals surface area contributed by atoms with Gasteiger partial charge in [-0.15, -0.1) is 0 Å². The fraction of sp³-hybridized carbons (Fsp3) is 0.500. The van der Waals surface area contributed by atoms with Gasteiger partial charge in [-0.05, 0) is 18.6 Å². The molecule has 2 heterocycles. The first kappa shape index (κ1) is 16.3. The third-order valence-corrected chi connectivity index (χ3v) is 6.13. The number of hydrogen-bond donors (Lipinski definition) is 1. The van der Waals surface area contributed by atoms with Crippen LogP contribution in [0.2, 0.25) is 0 Å². The third kappa shape index (κ3) is 2.72. The van der Waals surface area contributed by atoms with E-state index in [1.807, 2.05) is 0 Å². The normalized spacial score (nSPS) is 28.0. The smallest absolute Gasteiger partial charge is 0.262 e. The van der Waals surface area contributed by atoms with E-state index in [1.165, 1.54) is 12.1 Å². The van der Waals surface area contributed by atoms with Gasteiger partial charge >= 0.3 is 0 Å². The number of sulfonamides is 1. The van der Waals surface area contributed by atoms with Crippen molar-refractivity contribution in [3.8, 4) is 0 Å². The number of hydrogen-bond acceptors (Lipinski definition) is 3. The molecule has 2 fully saturated rings. The Balaban J connectivity index is 2.02. The minimum Gasteiger partial charge on any atom is -0.356 e. The molecule has 0 aromatic heterocycles. The molecule has 0 unspecified atom stereocenters. The van der Waals surface area contributed by atoms with Gasteiger partial charge in [-0.1, -0.05) is 12.1 Å². The van der Waals surface area contributed by atoms with E-state index in [2.05, 4.69) is 5.32 Å². The fourth-order valence-corrected chi connectivity index (χ4v) is 4.88. The molecule has 2 saturated heterocycles. The number of benzene rings is 1. The average molecular weight is 348 g/mol. The molecule has 0 aliphatic carbocycles. The number of carbonyl (C=O) groups is 1. The molecule has 1 aromatic rings. The summed E-state index contributed by atoms with van der Waals surface area (Å²) in [6, 6.07) is 4.60. The topological polar surface area (TPSA) is 66.5 Å². The SMILES string of the molecule is O=C1NCC[C@]12CN(S(=O)(=O)c1ccccc1F)CC(F)(F)C2. The van der Waals surface area contributed by atoms with Gasteiger partial charge in [0.2, 0.25) is 15.9 Å². The summed E-state index contributed by atoms with van der Waals surface area (Å²) in [6.07, 6.45) is -0.570. The lowest BCUT2D eigenvalue weighted by atomic mass is 9.78. The maximum absolute atomic E-state index is 14.1. The molecule has 0 saturated carbocycles. The molecule has 2 aliphatic heterocycles. The summed E-state index contributed by atoms with van der Waals surface area (Å²) >= 11 is 0. The van der Waals surface area contributed by atoms with E-state index < -0.39 is 50.9 Å². The Labute approximate surface area is 131 Å². The Morgan fingerprint density at radius 2 is 1.87 bits per heavy atom. The number of piperidine rings is 1. The van der Waals surface area contributed by atoms with Crippen LogP contribution in [0.5, 0.6) is 0 Å². The average Bonchev–Trinajstić information content (AvgIpc) is 2.77. The second-order valence-corrected chi connectivity index (χ2v) is 7.93. The number of alkyl halides is 2. The van der Waals surface area contributed by atoms with Crippen LogP contribution < -0.4 is 5.32 Å². The van der Waals surface area contributed by atoms with Gasteiger partial charge in [0.25, 0.3) is 5.92 Å². The summed E-state index contributed by atoms with van der Waals surface area (Å²) in [6.45, 7) is -1.20.